The van der Waals surface area contributed by atoms with Crippen LogP contribution in [0.1, 0.15) is 178 Å². The standard InChI is InChI=1S/C23H28BrN3O2.C20H21N3O2.C20H23NO2S.C19H20N4O2.C19H21NO4S.ClH/c24-17-4-6-18(7-5-17)25-9-11-26(12-10-25)19-13-16-14-22(28)29-23(16)15-20(19)27-8-2-1-3-21(23)27;24-19-10-13-9-16(23-12-21-14-5-1-2-6-15(14)23)17-11-20(13,25-19)18-7-3-4-8-22(17)18;1-13-5-7-15(8-6-13)24-17-10-14-11-19(22)23-20(14)12-16(17)21-9-3-2-4-18(20)21;24-18-10-12-9-15(23-14-6-2-1-5-13(14)20-21-23)16-11-19(12,25-18)17-7-3-4-8-22(16)17;21-18-11-13-10-16(25(22,23)14-6-2-1-3-7-14)15-12-19(13,24-18)17-8-4-5-9-20(15)17;/h4-7,14,19-21H,1-3,8-13,15H2;1-2,5-6,10,12,16-18H,3-4,7-9,11H2;5-8,11,16-18H,2-4,9-10,12H2,1H3;1-2,5-6,10,15-17H,3-4,7-9,11H2;1-3,6-7,11,15-17H,4-5,8-10,12H2;1H/t19?,20-,21+,23-;16?,17-,18+,20-;16-,17?,18+,20-;15?,16-,17+,19-;15-,16-,17+,19-;/m00000./s1. The van der Waals surface area contributed by atoms with Crippen molar-refractivity contribution in [1.82, 2.24) is 53.9 Å². The van der Waals surface area contributed by atoms with Gasteiger partial charge in [0.2, 0.25) is 0 Å². The van der Waals surface area contributed by atoms with Crippen LogP contribution in [0.3, 0.4) is 0 Å². The lowest BCUT2D eigenvalue weighted by Crippen LogP contribution is -2.57. The number of sulfone groups is 1. The number of hydrogen-bond donors (Lipinski definition) is 0. The van der Waals surface area contributed by atoms with Crippen molar-refractivity contribution in [1.29, 1.82) is 0 Å². The third-order valence-corrected chi connectivity index (χ3v) is 38.4. The molecule has 28 heteroatoms. The van der Waals surface area contributed by atoms with Crippen LogP contribution in [0, 0.1) is 6.92 Å². The maximum Gasteiger partial charge on any atom is 0.331 e. The largest absolute Gasteiger partial charge is 0.450 e. The number of benzene rings is 5. The average Bonchev–Trinajstić information content (AvgIpc) is 1.99. The number of carbonyl (C=O) groups is 5. The van der Waals surface area contributed by atoms with Gasteiger partial charge in [-0.15, -0.1) is 29.3 Å². The molecular formula is C101H114BrClN12O12S2. The van der Waals surface area contributed by atoms with Crippen LogP contribution in [0.25, 0.3) is 22.1 Å². The van der Waals surface area contributed by atoms with Crippen molar-refractivity contribution < 1.29 is 56.1 Å². The normalized spacial score (nSPS) is 36.9. The Morgan fingerprint density at radius 3 is 1.33 bits per heavy atom. The Bertz CT molecular complexity index is 5770. The van der Waals surface area contributed by atoms with E-state index in [1.54, 1.807) is 48.6 Å². The molecule has 5 saturated carbocycles. The summed E-state index contributed by atoms with van der Waals surface area (Å²) in [5.74, 6) is -0.828. The number of ether oxygens (including phenoxy) is 5. The SMILES string of the molecule is Cc1ccc(SC2CC3=CC(=O)O[C@@]34C[C@@H]2N2CCCC[C@@H]24)cc1.Cl.O=C1C=C2CC(N3CCN(c4ccc(Br)cc4)CC3)[C@@H]3C[C@@]2(O1)[C@H]1CCCCN31.O=C1C=C2CC(n3cnc4ccccc43)[C@@H]3C[C@@]2(O1)[C@H]1CCCCN31.O=C1C=C2CC(n3nnc4ccccc43)[C@@H]3C[C@@]2(O1)[C@H]1CCCCN31.O=C1C=C2C[C@H](S(=O)(=O)c3ccccc3)[C@@H]3C[C@@]2(O1)[C@H]1CCCCN31. The van der Waals surface area contributed by atoms with Crippen molar-refractivity contribution in [3.8, 4) is 0 Å². The number of aryl methyl sites for hydroxylation is 1. The molecule has 10 bridgehead atoms. The molecule has 16 fully saturated rings. The number of carbonyl (C=O) groups excluding carboxylic acids is 5. The van der Waals surface area contributed by atoms with Gasteiger partial charge in [-0.2, -0.15) is 0 Å². The summed E-state index contributed by atoms with van der Waals surface area (Å²) in [4.78, 5) is 85.0. The van der Waals surface area contributed by atoms with Gasteiger partial charge in [-0.25, -0.2) is 42.1 Å². The Labute approximate surface area is 772 Å². The van der Waals surface area contributed by atoms with Crippen LogP contribution >= 0.6 is 40.1 Å². The van der Waals surface area contributed by atoms with E-state index >= 15 is 0 Å². The number of rotatable bonds is 8. The molecule has 20 atom stereocenters. The zero-order valence-corrected chi connectivity index (χ0v) is 77.2. The summed E-state index contributed by atoms with van der Waals surface area (Å²) < 4.78 is 61.9. The van der Waals surface area contributed by atoms with Crippen LogP contribution in [0.15, 0.2) is 206 Å². The van der Waals surface area contributed by atoms with Crippen molar-refractivity contribution in [3.63, 3.8) is 0 Å². The van der Waals surface area contributed by atoms with Gasteiger partial charge in [0.05, 0.1) is 75.3 Å². The van der Waals surface area contributed by atoms with Crippen molar-refractivity contribution in [2.45, 2.75) is 294 Å². The number of para-hydroxylation sites is 3. The van der Waals surface area contributed by atoms with Crippen molar-refractivity contribution in [2.75, 3.05) is 63.8 Å². The van der Waals surface area contributed by atoms with Gasteiger partial charge in [-0.05, 0) is 237 Å². The quantitative estimate of drug-likeness (QED) is 0.101. The van der Waals surface area contributed by atoms with Gasteiger partial charge in [0.15, 0.2) is 37.8 Å². The number of nitrogens with zero attached hydrogens (tertiary/aromatic N) is 12. The summed E-state index contributed by atoms with van der Waals surface area (Å²) in [6.45, 7) is 11.9. The number of aromatic nitrogens is 5. The number of hydrogen-bond acceptors (Lipinski definition) is 23. The predicted octanol–water partition coefficient (Wildman–Crippen LogP) is 14.5. The van der Waals surface area contributed by atoms with Crippen molar-refractivity contribution in [2.24, 2.45) is 0 Å². The van der Waals surface area contributed by atoms with Crippen LogP contribution in [-0.4, -0.2) is 256 Å². The molecule has 5 aliphatic carbocycles. The van der Waals surface area contributed by atoms with E-state index in [2.05, 4.69) is 154 Å². The monoisotopic (exact) mass is 1860 g/mol. The Kier molecular flexibility index (Phi) is 21.6. The maximum atomic E-state index is 13.3. The molecule has 28 rings (SSSR count). The van der Waals surface area contributed by atoms with Crippen LogP contribution in [0.4, 0.5) is 5.69 Å². The van der Waals surface area contributed by atoms with Gasteiger partial charge in [-0.3, -0.25) is 29.4 Å². The van der Waals surface area contributed by atoms with Crippen LogP contribution in [0.2, 0.25) is 0 Å². The molecule has 7 aromatic rings. The van der Waals surface area contributed by atoms with E-state index in [9.17, 15) is 32.4 Å². The highest BCUT2D eigenvalue weighted by molar-refractivity contribution is 9.10. The molecule has 5 aromatic carbocycles. The molecule has 24 nitrogen and oxygen atoms in total. The zero-order chi connectivity index (χ0) is 86.3. The van der Waals surface area contributed by atoms with E-state index in [-0.39, 0.29) is 82.8 Å². The summed E-state index contributed by atoms with van der Waals surface area (Å²) in [7, 11) is -3.46. The van der Waals surface area contributed by atoms with Gasteiger partial charge < -0.3 is 33.2 Å². The number of esters is 5. The summed E-state index contributed by atoms with van der Waals surface area (Å²) in [6, 6.07) is 47.1. The Morgan fingerprint density at radius 2 is 0.814 bits per heavy atom. The minimum atomic E-state index is -3.46. The highest BCUT2D eigenvalue weighted by Gasteiger charge is 2.70. The van der Waals surface area contributed by atoms with Gasteiger partial charge in [0.1, 0.15) is 5.52 Å². The lowest BCUT2D eigenvalue weighted by molar-refractivity contribution is -0.149. The number of fused-ring (bicyclic) bond motifs is 17. The minimum Gasteiger partial charge on any atom is -0.450 e. The first-order valence-electron chi connectivity index (χ1n) is 47.8. The van der Waals surface area contributed by atoms with E-state index in [1.807, 2.05) is 54.5 Å². The summed E-state index contributed by atoms with van der Waals surface area (Å²) >= 11 is 5.52. The number of thioether (sulfide) groups is 1. The Hall–Kier alpha value is -8.35. The number of piperidine rings is 5. The molecular weight excluding hydrogens is 1750 g/mol. The van der Waals surface area contributed by atoms with Gasteiger partial charge in [0, 0.05) is 145 Å². The van der Waals surface area contributed by atoms with Crippen molar-refractivity contribution >= 4 is 108 Å². The molecule has 4 unspecified atom stereocenters. The van der Waals surface area contributed by atoms with E-state index < -0.39 is 20.7 Å². The second kappa shape index (κ2) is 32.8. The van der Waals surface area contributed by atoms with Gasteiger partial charge in [0.25, 0.3) is 0 Å². The predicted molar refractivity (Wildman–Crippen MR) is 494 cm³/mol. The molecule has 16 aliphatic heterocycles. The molecule has 0 radical (unpaired) electrons. The number of halogens is 2. The first kappa shape index (κ1) is 84.9. The second-order valence-corrected chi connectivity index (χ2v) is 44.7. The molecule has 18 heterocycles. The molecule has 0 amide bonds. The molecule has 0 N–H and O–H groups in total. The van der Waals surface area contributed by atoms with E-state index in [1.165, 1.54) is 108 Å². The van der Waals surface area contributed by atoms with Gasteiger partial charge in [-0.1, -0.05) is 113 Å². The third kappa shape index (κ3) is 13.8. The van der Waals surface area contributed by atoms with Gasteiger partial charge >= 0.3 is 29.8 Å². The average molecular weight is 1870 g/mol. The van der Waals surface area contributed by atoms with E-state index in [0.29, 0.717) is 83.4 Å². The van der Waals surface area contributed by atoms with Crippen LogP contribution in [0.5, 0.6) is 0 Å². The first-order chi connectivity index (χ1) is 62.3. The first-order valence-corrected chi connectivity index (χ1v) is 51.0. The number of piperazine rings is 1. The fraction of sp³-hybridized carbons (Fsp3) is 0.545. The third-order valence-electron chi connectivity index (χ3n) is 34.3. The molecule has 21 aliphatic rings. The smallest absolute Gasteiger partial charge is 0.331 e. The molecule has 129 heavy (non-hydrogen) atoms. The van der Waals surface area contributed by atoms with Crippen LogP contribution < -0.4 is 4.90 Å². The zero-order valence-electron chi connectivity index (χ0n) is 73.2. The number of imidazole rings is 1. The minimum absolute atomic E-state index is 0. The van der Waals surface area contributed by atoms with E-state index in [4.69, 9.17) is 23.7 Å². The maximum absolute atomic E-state index is 13.3. The summed E-state index contributed by atoms with van der Waals surface area (Å²) in [5, 5.41) is 8.86. The fourth-order valence-corrected chi connectivity index (χ4v) is 32.5. The number of anilines is 1. The Morgan fingerprint density at radius 1 is 0.403 bits per heavy atom. The lowest BCUT2D eigenvalue weighted by Gasteiger charge is -2.46. The molecule has 2 aromatic heterocycles. The van der Waals surface area contributed by atoms with E-state index in [0.717, 1.165) is 169 Å². The highest BCUT2D eigenvalue weighted by Crippen LogP contribution is 2.63. The summed E-state index contributed by atoms with van der Waals surface area (Å²) in [5.41, 5.74) is 10.8. The molecule has 11 saturated heterocycles. The highest BCUT2D eigenvalue weighted by atomic mass is 79.9. The molecule has 676 valence electrons. The summed E-state index contributed by atoms with van der Waals surface area (Å²) in [6.07, 6.45) is 37.0. The van der Waals surface area contributed by atoms with Crippen LogP contribution in [-0.2, 0) is 57.5 Å². The Balaban J connectivity index is 0.0000000920. The fourth-order valence-electron chi connectivity index (χ4n) is 29.0. The van der Waals surface area contributed by atoms with Crippen molar-refractivity contribution in [3.05, 3.63) is 202 Å². The topological polar surface area (TPSA) is 237 Å². The lowest BCUT2D eigenvalue weighted by atomic mass is 9.75. The second-order valence-electron chi connectivity index (χ2n) is 40.3. The molecule has 5 spiro atoms.